The van der Waals surface area contributed by atoms with E-state index in [2.05, 4.69) is 4.98 Å². The molecule has 5 heteroatoms. The number of esters is 1. The van der Waals surface area contributed by atoms with E-state index >= 15 is 0 Å². The minimum atomic E-state index is -1.36. The third-order valence-electron chi connectivity index (χ3n) is 4.67. The van der Waals surface area contributed by atoms with Crippen LogP contribution in [0.1, 0.15) is 43.5 Å². The van der Waals surface area contributed by atoms with Crippen molar-refractivity contribution in [2.24, 2.45) is 5.92 Å². The van der Waals surface area contributed by atoms with E-state index in [0.717, 1.165) is 27.7 Å². The van der Waals surface area contributed by atoms with Crippen molar-refractivity contribution in [3.05, 3.63) is 71.4 Å². The van der Waals surface area contributed by atoms with Gasteiger partial charge in [-0.25, -0.2) is 0 Å². The van der Waals surface area contributed by atoms with Gasteiger partial charge in [0.2, 0.25) is 0 Å². The number of fused-ring (bicyclic) bond motifs is 1. The highest BCUT2D eigenvalue weighted by molar-refractivity contribution is 5.97. The maximum atomic E-state index is 12.9. The molecule has 28 heavy (non-hydrogen) atoms. The van der Waals surface area contributed by atoms with Crippen molar-refractivity contribution in [1.29, 1.82) is 0 Å². The van der Waals surface area contributed by atoms with Gasteiger partial charge in [-0.3, -0.25) is 9.59 Å². The normalized spacial score (nSPS) is 13.9. The summed E-state index contributed by atoms with van der Waals surface area (Å²) in [4.78, 5) is 28.5. The first kappa shape index (κ1) is 19.7. The maximum absolute atomic E-state index is 12.9. The molecule has 146 valence electrons. The van der Waals surface area contributed by atoms with Crippen molar-refractivity contribution in [2.75, 3.05) is 0 Å². The first-order chi connectivity index (χ1) is 13.2. The Morgan fingerprint density at radius 1 is 1.00 bits per heavy atom. The van der Waals surface area contributed by atoms with E-state index in [9.17, 15) is 14.7 Å². The summed E-state index contributed by atoms with van der Waals surface area (Å²) in [6.07, 6.45) is 0. The van der Waals surface area contributed by atoms with Crippen molar-refractivity contribution < 1.29 is 19.4 Å². The number of benzene rings is 2. The quantitative estimate of drug-likeness (QED) is 0.499. The van der Waals surface area contributed by atoms with Gasteiger partial charge in [0.25, 0.3) is 0 Å². The number of carbonyl (C=O) groups excluding carboxylic acids is 1. The molecule has 0 amide bonds. The topological polar surface area (TPSA) is 79.4 Å². The number of aryl methyl sites for hydroxylation is 1. The highest BCUT2D eigenvalue weighted by Crippen LogP contribution is 2.39. The standard InChI is InChI=1S/C23H25NO4/c1-14-18(16-12-8-9-13-17(16)24-14)19(15-10-6-5-7-11-15)20(21(25)26)22(27)28-23(2,3)4/h5-13,19-20,24H,1-4H3,(H,25,26). The van der Waals surface area contributed by atoms with Crippen LogP contribution in [0.25, 0.3) is 10.9 Å². The number of rotatable bonds is 5. The molecular weight excluding hydrogens is 354 g/mol. The number of ether oxygens (including phenoxy) is 1. The van der Waals surface area contributed by atoms with Crippen LogP contribution in [-0.2, 0) is 14.3 Å². The molecule has 0 radical (unpaired) electrons. The number of aliphatic carboxylic acids is 1. The van der Waals surface area contributed by atoms with Crippen molar-refractivity contribution in [3.63, 3.8) is 0 Å². The van der Waals surface area contributed by atoms with Crippen LogP contribution in [0.3, 0.4) is 0 Å². The number of carboxylic acids is 1. The highest BCUT2D eigenvalue weighted by Gasteiger charge is 2.41. The van der Waals surface area contributed by atoms with Crippen LogP contribution in [0.2, 0.25) is 0 Å². The predicted molar refractivity (Wildman–Crippen MR) is 108 cm³/mol. The molecule has 2 unspecified atom stereocenters. The van der Waals surface area contributed by atoms with E-state index in [1.165, 1.54) is 0 Å². The van der Waals surface area contributed by atoms with Gasteiger partial charge in [0.05, 0.1) is 0 Å². The highest BCUT2D eigenvalue weighted by atomic mass is 16.6. The van der Waals surface area contributed by atoms with Gasteiger partial charge in [-0.05, 0) is 44.9 Å². The zero-order valence-electron chi connectivity index (χ0n) is 16.5. The Labute approximate surface area is 164 Å². The molecule has 0 aliphatic rings. The van der Waals surface area contributed by atoms with Crippen LogP contribution in [0.5, 0.6) is 0 Å². The molecule has 1 heterocycles. The second-order valence-electron chi connectivity index (χ2n) is 7.95. The van der Waals surface area contributed by atoms with E-state index in [4.69, 9.17) is 4.74 Å². The first-order valence-corrected chi connectivity index (χ1v) is 9.27. The lowest BCUT2D eigenvalue weighted by Crippen LogP contribution is -2.36. The van der Waals surface area contributed by atoms with Gasteiger partial charge in [0.1, 0.15) is 5.60 Å². The fraction of sp³-hybridized carbons (Fsp3) is 0.304. The average Bonchev–Trinajstić information content (AvgIpc) is 2.94. The Balaban J connectivity index is 2.23. The number of nitrogens with one attached hydrogen (secondary N) is 1. The van der Waals surface area contributed by atoms with Crippen molar-refractivity contribution >= 4 is 22.8 Å². The molecule has 2 N–H and O–H groups in total. The van der Waals surface area contributed by atoms with Crippen molar-refractivity contribution in [1.82, 2.24) is 4.98 Å². The van der Waals surface area contributed by atoms with E-state index in [0.29, 0.717) is 0 Å². The summed E-state index contributed by atoms with van der Waals surface area (Å²) in [5.41, 5.74) is 2.53. The summed E-state index contributed by atoms with van der Waals surface area (Å²) < 4.78 is 5.48. The zero-order valence-corrected chi connectivity index (χ0v) is 16.5. The molecule has 0 saturated heterocycles. The fourth-order valence-electron chi connectivity index (χ4n) is 3.63. The van der Waals surface area contributed by atoms with Gasteiger partial charge in [-0.2, -0.15) is 0 Å². The molecular formula is C23H25NO4. The van der Waals surface area contributed by atoms with Gasteiger partial charge in [0, 0.05) is 22.5 Å². The molecule has 0 fully saturated rings. The van der Waals surface area contributed by atoms with Crippen LogP contribution in [-0.4, -0.2) is 27.6 Å². The lowest BCUT2D eigenvalue weighted by atomic mass is 9.79. The van der Waals surface area contributed by atoms with E-state index in [1.807, 2.05) is 61.5 Å². The van der Waals surface area contributed by atoms with E-state index < -0.39 is 29.4 Å². The summed E-state index contributed by atoms with van der Waals surface area (Å²) in [5.74, 6) is -3.98. The lowest BCUT2D eigenvalue weighted by Gasteiger charge is -2.28. The molecule has 5 nitrogen and oxygen atoms in total. The Morgan fingerprint density at radius 3 is 2.21 bits per heavy atom. The van der Waals surface area contributed by atoms with Crippen LogP contribution in [0, 0.1) is 12.8 Å². The average molecular weight is 379 g/mol. The van der Waals surface area contributed by atoms with Crippen LogP contribution in [0.4, 0.5) is 0 Å². The number of aromatic nitrogens is 1. The SMILES string of the molecule is Cc1[nH]c2ccccc2c1C(c1ccccc1)C(C(=O)O)C(=O)OC(C)(C)C. The minimum Gasteiger partial charge on any atom is -0.481 e. The third-order valence-corrected chi connectivity index (χ3v) is 4.67. The van der Waals surface area contributed by atoms with E-state index in [1.54, 1.807) is 20.8 Å². The molecule has 0 bridgehead atoms. The molecule has 3 aromatic rings. The largest absolute Gasteiger partial charge is 0.481 e. The van der Waals surface area contributed by atoms with Gasteiger partial charge in [0.15, 0.2) is 5.92 Å². The van der Waals surface area contributed by atoms with Crippen molar-refractivity contribution in [2.45, 2.75) is 39.2 Å². The summed E-state index contributed by atoms with van der Waals surface area (Å²) in [7, 11) is 0. The molecule has 0 spiro atoms. The van der Waals surface area contributed by atoms with E-state index in [-0.39, 0.29) is 0 Å². The van der Waals surface area contributed by atoms with Gasteiger partial charge < -0.3 is 14.8 Å². The number of hydrogen-bond donors (Lipinski definition) is 2. The predicted octanol–water partition coefficient (Wildman–Crippen LogP) is 4.65. The first-order valence-electron chi connectivity index (χ1n) is 9.27. The molecule has 0 aliphatic carbocycles. The summed E-state index contributed by atoms with van der Waals surface area (Å²) in [5, 5.41) is 10.9. The Morgan fingerprint density at radius 2 is 1.61 bits per heavy atom. The summed E-state index contributed by atoms with van der Waals surface area (Å²) in [6, 6.07) is 17.0. The number of para-hydroxylation sites is 1. The number of carbonyl (C=O) groups is 2. The zero-order chi connectivity index (χ0) is 20.5. The number of hydrogen-bond acceptors (Lipinski definition) is 3. The van der Waals surface area contributed by atoms with Crippen LogP contribution >= 0.6 is 0 Å². The third kappa shape index (κ3) is 3.93. The summed E-state index contributed by atoms with van der Waals surface area (Å²) in [6.45, 7) is 7.11. The fourth-order valence-corrected chi connectivity index (χ4v) is 3.63. The Hall–Kier alpha value is -3.08. The molecule has 3 rings (SSSR count). The number of aromatic amines is 1. The molecule has 2 atom stereocenters. The Kier molecular flexibility index (Phi) is 5.27. The molecule has 2 aromatic carbocycles. The van der Waals surface area contributed by atoms with Crippen LogP contribution in [0.15, 0.2) is 54.6 Å². The molecule has 0 saturated carbocycles. The minimum absolute atomic E-state index is 0.676. The maximum Gasteiger partial charge on any atom is 0.321 e. The van der Waals surface area contributed by atoms with Crippen LogP contribution < -0.4 is 0 Å². The molecule has 1 aromatic heterocycles. The smallest absolute Gasteiger partial charge is 0.321 e. The lowest BCUT2D eigenvalue weighted by molar-refractivity contribution is -0.167. The monoisotopic (exact) mass is 379 g/mol. The summed E-state index contributed by atoms with van der Waals surface area (Å²) >= 11 is 0. The second kappa shape index (κ2) is 7.50. The number of carboxylic acid groups (broad SMARTS) is 1. The Bertz CT molecular complexity index is 998. The van der Waals surface area contributed by atoms with Gasteiger partial charge in [-0.1, -0.05) is 48.5 Å². The van der Waals surface area contributed by atoms with Gasteiger partial charge >= 0.3 is 11.9 Å². The molecule has 0 aliphatic heterocycles. The van der Waals surface area contributed by atoms with Crippen molar-refractivity contribution in [3.8, 4) is 0 Å². The number of H-pyrrole nitrogens is 1. The second-order valence-corrected chi connectivity index (χ2v) is 7.95. The van der Waals surface area contributed by atoms with Gasteiger partial charge in [-0.15, -0.1) is 0 Å².